The molecule has 5 atom stereocenters. The second-order valence-corrected chi connectivity index (χ2v) is 5.94. The van der Waals surface area contributed by atoms with Crippen molar-refractivity contribution in [1.29, 1.82) is 0 Å². The molecule has 5 unspecified atom stereocenters. The summed E-state index contributed by atoms with van der Waals surface area (Å²) in [5.74, 6) is 2.09. The van der Waals surface area contributed by atoms with Crippen LogP contribution in [0, 0.1) is 11.8 Å². The van der Waals surface area contributed by atoms with Crippen LogP contribution < -0.4 is 10.6 Å². The molecule has 0 amide bonds. The lowest BCUT2D eigenvalue weighted by molar-refractivity contribution is 0.251. The highest BCUT2D eigenvalue weighted by Gasteiger charge is 2.40. The summed E-state index contributed by atoms with van der Waals surface area (Å²) in [5.41, 5.74) is 0. The fourth-order valence-electron chi connectivity index (χ4n) is 4.00. The van der Waals surface area contributed by atoms with Crippen LogP contribution in [0.15, 0.2) is 0 Å². The maximum atomic E-state index is 3.94. The molecule has 2 N–H and O–H groups in total. The van der Waals surface area contributed by atoms with Crippen LogP contribution >= 0.6 is 0 Å². The van der Waals surface area contributed by atoms with Gasteiger partial charge in [-0.05, 0) is 57.4 Å². The van der Waals surface area contributed by atoms with E-state index >= 15 is 0 Å². The van der Waals surface area contributed by atoms with Gasteiger partial charge in [-0.25, -0.2) is 0 Å². The van der Waals surface area contributed by atoms with E-state index in [1.165, 1.54) is 45.1 Å². The van der Waals surface area contributed by atoms with Gasteiger partial charge in [-0.15, -0.1) is 0 Å². The highest BCUT2D eigenvalue weighted by molar-refractivity contribution is 4.97. The van der Waals surface area contributed by atoms with E-state index in [0.717, 1.165) is 23.9 Å². The number of piperidine rings is 1. The summed E-state index contributed by atoms with van der Waals surface area (Å²) < 4.78 is 0. The minimum Gasteiger partial charge on any atom is -0.313 e. The van der Waals surface area contributed by atoms with Crippen LogP contribution in [0.1, 0.15) is 45.4 Å². The maximum Gasteiger partial charge on any atom is 0.0221 e. The molecule has 2 bridgehead atoms. The lowest BCUT2D eigenvalue weighted by Gasteiger charge is -2.35. The Morgan fingerprint density at radius 1 is 1.07 bits per heavy atom. The third-order valence-corrected chi connectivity index (χ3v) is 4.93. The average Bonchev–Trinajstić information content (AvgIpc) is 2.83. The number of fused-ring (bicyclic) bond motifs is 2. The molecule has 0 aromatic rings. The minimum absolute atomic E-state index is 0.679. The Balaban J connectivity index is 1.56. The Hall–Kier alpha value is -0.0800. The van der Waals surface area contributed by atoms with E-state index in [1.807, 2.05) is 0 Å². The molecule has 1 heterocycles. The number of rotatable bonds is 2. The first-order valence-electron chi connectivity index (χ1n) is 6.82. The molecule has 0 aromatic carbocycles. The average molecular weight is 208 g/mol. The van der Waals surface area contributed by atoms with Gasteiger partial charge >= 0.3 is 0 Å². The molecule has 3 rings (SSSR count). The van der Waals surface area contributed by atoms with Crippen molar-refractivity contribution in [1.82, 2.24) is 10.6 Å². The molecular formula is C13H24N2. The Morgan fingerprint density at radius 3 is 2.67 bits per heavy atom. The van der Waals surface area contributed by atoms with Crippen molar-refractivity contribution in [2.24, 2.45) is 11.8 Å². The Morgan fingerprint density at radius 2 is 2.00 bits per heavy atom. The smallest absolute Gasteiger partial charge is 0.0221 e. The van der Waals surface area contributed by atoms with E-state index in [0.29, 0.717) is 6.04 Å². The monoisotopic (exact) mass is 208 g/mol. The highest BCUT2D eigenvalue weighted by atomic mass is 15.1. The molecule has 2 heteroatoms. The van der Waals surface area contributed by atoms with E-state index in [4.69, 9.17) is 0 Å². The minimum atomic E-state index is 0.679. The zero-order chi connectivity index (χ0) is 10.3. The topological polar surface area (TPSA) is 24.1 Å². The number of hydrogen-bond donors (Lipinski definition) is 2. The van der Waals surface area contributed by atoms with E-state index in [-0.39, 0.29) is 0 Å². The third kappa shape index (κ3) is 1.94. The van der Waals surface area contributed by atoms with Gasteiger partial charge in [0.2, 0.25) is 0 Å². The van der Waals surface area contributed by atoms with Crippen LogP contribution in [-0.4, -0.2) is 24.7 Å². The van der Waals surface area contributed by atoms with Crippen molar-refractivity contribution in [2.75, 3.05) is 6.54 Å². The molecule has 0 spiro atoms. The van der Waals surface area contributed by atoms with Crippen LogP contribution in [0.2, 0.25) is 0 Å². The lowest BCUT2D eigenvalue weighted by Crippen LogP contribution is -2.54. The normalized spacial score (nSPS) is 49.8. The van der Waals surface area contributed by atoms with Crippen molar-refractivity contribution in [3.63, 3.8) is 0 Å². The van der Waals surface area contributed by atoms with Crippen molar-refractivity contribution in [3.05, 3.63) is 0 Å². The van der Waals surface area contributed by atoms with E-state index in [2.05, 4.69) is 17.6 Å². The molecule has 2 aliphatic carbocycles. The molecule has 15 heavy (non-hydrogen) atoms. The van der Waals surface area contributed by atoms with Gasteiger partial charge in [0.1, 0.15) is 0 Å². The van der Waals surface area contributed by atoms with Crippen LogP contribution in [-0.2, 0) is 0 Å². The second-order valence-electron chi connectivity index (χ2n) is 5.94. The van der Waals surface area contributed by atoms with Crippen molar-refractivity contribution in [3.8, 4) is 0 Å². The van der Waals surface area contributed by atoms with E-state index in [9.17, 15) is 0 Å². The summed E-state index contributed by atoms with van der Waals surface area (Å²) in [4.78, 5) is 0. The van der Waals surface area contributed by atoms with Crippen LogP contribution in [0.3, 0.4) is 0 Å². The van der Waals surface area contributed by atoms with E-state index < -0.39 is 0 Å². The van der Waals surface area contributed by atoms with Gasteiger partial charge in [-0.3, -0.25) is 0 Å². The van der Waals surface area contributed by atoms with Crippen LogP contribution in [0.4, 0.5) is 0 Å². The summed E-state index contributed by atoms with van der Waals surface area (Å²) in [6, 6.07) is 2.28. The van der Waals surface area contributed by atoms with Crippen molar-refractivity contribution in [2.45, 2.75) is 63.6 Å². The maximum absolute atomic E-state index is 3.94. The molecule has 3 fully saturated rings. The van der Waals surface area contributed by atoms with Crippen LogP contribution in [0.5, 0.6) is 0 Å². The summed E-state index contributed by atoms with van der Waals surface area (Å²) in [5, 5.41) is 7.52. The number of hydrogen-bond acceptors (Lipinski definition) is 2. The first kappa shape index (κ1) is 10.1. The van der Waals surface area contributed by atoms with Crippen molar-refractivity contribution >= 4 is 0 Å². The third-order valence-electron chi connectivity index (χ3n) is 4.93. The van der Waals surface area contributed by atoms with Gasteiger partial charge in [0, 0.05) is 18.1 Å². The van der Waals surface area contributed by atoms with Gasteiger partial charge < -0.3 is 10.6 Å². The second kappa shape index (κ2) is 4.06. The van der Waals surface area contributed by atoms with Gasteiger partial charge in [0.15, 0.2) is 0 Å². The summed E-state index contributed by atoms with van der Waals surface area (Å²) in [6.45, 7) is 3.56. The fraction of sp³-hybridized carbons (Fsp3) is 1.00. The molecule has 0 radical (unpaired) electrons. The molecule has 3 aliphatic rings. The molecule has 2 saturated carbocycles. The molecule has 1 saturated heterocycles. The Labute approximate surface area is 93.2 Å². The summed E-state index contributed by atoms with van der Waals surface area (Å²) >= 11 is 0. The van der Waals surface area contributed by atoms with E-state index in [1.54, 1.807) is 0 Å². The molecule has 86 valence electrons. The van der Waals surface area contributed by atoms with Crippen molar-refractivity contribution < 1.29 is 0 Å². The SMILES string of the molecule is CC1NCCCC1NC1CC2CCC1C2. The highest BCUT2D eigenvalue weighted by Crippen LogP contribution is 2.44. The molecule has 2 nitrogen and oxygen atoms in total. The molecule has 1 aliphatic heterocycles. The van der Waals surface area contributed by atoms with Gasteiger partial charge in [0.05, 0.1) is 0 Å². The lowest BCUT2D eigenvalue weighted by atomic mass is 9.92. The first-order valence-corrected chi connectivity index (χ1v) is 6.82. The zero-order valence-corrected chi connectivity index (χ0v) is 9.84. The standard InChI is InChI=1S/C13H24N2/c1-9-12(3-2-6-14-9)15-13-8-10-4-5-11(13)7-10/h9-15H,2-8H2,1H3. The Bertz CT molecular complexity index is 229. The number of nitrogens with one attached hydrogen (secondary N) is 2. The predicted octanol–water partition coefficient (Wildman–Crippen LogP) is 1.91. The summed E-state index contributed by atoms with van der Waals surface area (Å²) in [6.07, 6.45) is 8.73. The molecular weight excluding hydrogens is 184 g/mol. The van der Waals surface area contributed by atoms with Gasteiger partial charge in [-0.1, -0.05) is 6.42 Å². The predicted molar refractivity (Wildman–Crippen MR) is 62.9 cm³/mol. The first-order chi connectivity index (χ1) is 7.33. The van der Waals surface area contributed by atoms with Gasteiger partial charge in [0.25, 0.3) is 0 Å². The fourth-order valence-corrected chi connectivity index (χ4v) is 4.00. The summed E-state index contributed by atoms with van der Waals surface area (Å²) in [7, 11) is 0. The van der Waals surface area contributed by atoms with Gasteiger partial charge in [-0.2, -0.15) is 0 Å². The Kier molecular flexibility index (Phi) is 2.73. The zero-order valence-electron chi connectivity index (χ0n) is 9.84. The van der Waals surface area contributed by atoms with Crippen LogP contribution in [0.25, 0.3) is 0 Å². The molecule has 0 aromatic heterocycles. The largest absolute Gasteiger partial charge is 0.313 e. The quantitative estimate of drug-likeness (QED) is 0.724.